The Balaban J connectivity index is 2.19. The van der Waals surface area contributed by atoms with Gasteiger partial charge in [0.05, 0.1) is 6.42 Å². The van der Waals surface area contributed by atoms with Gasteiger partial charge in [0, 0.05) is 12.5 Å². The second-order valence-corrected chi connectivity index (χ2v) is 4.92. The Hall–Kier alpha value is -1.06. The molecule has 0 heterocycles. The van der Waals surface area contributed by atoms with Crippen molar-refractivity contribution >= 4 is 11.9 Å². The lowest BCUT2D eigenvalue weighted by Crippen LogP contribution is -2.37. The first-order valence-corrected chi connectivity index (χ1v) is 6.64. The third kappa shape index (κ3) is 6.29. The standard InChI is InChI=1S/C13H23NO3/c1-2-3-4-5-6-12(15)14-11(9-13(16)17)10-7-8-10/h10-11H,2-9H2,1H3,(H,14,15)(H,16,17). The number of carboxylic acid groups (broad SMARTS) is 1. The molecule has 98 valence electrons. The van der Waals surface area contributed by atoms with Crippen molar-refractivity contribution in [3.63, 3.8) is 0 Å². The van der Waals surface area contributed by atoms with Crippen LogP contribution in [0.3, 0.4) is 0 Å². The summed E-state index contributed by atoms with van der Waals surface area (Å²) in [5, 5.41) is 11.6. The minimum Gasteiger partial charge on any atom is -0.481 e. The van der Waals surface area contributed by atoms with Crippen LogP contribution in [0.25, 0.3) is 0 Å². The first-order chi connectivity index (χ1) is 8.13. The summed E-state index contributed by atoms with van der Waals surface area (Å²) in [6.07, 6.45) is 7.00. The van der Waals surface area contributed by atoms with Crippen LogP contribution in [0.15, 0.2) is 0 Å². The Morgan fingerprint density at radius 2 is 2.00 bits per heavy atom. The van der Waals surface area contributed by atoms with Crippen LogP contribution in [0.1, 0.15) is 58.3 Å². The molecule has 0 aromatic carbocycles. The normalized spacial score (nSPS) is 16.5. The van der Waals surface area contributed by atoms with Crippen LogP contribution in [0.5, 0.6) is 0 Å². The van der Waals surface area contributed by atoms with E-state index in [1.807, 2.05) is 0 Å². The van der Waals surface area contributed by atoms with Crippen molar-refractivity contribution in [3.05, 3.63) is 0 Å². The highest BCUT2D eigenvalue weighted by Gasteiger charge is 2.33. The van der Waals surface area contributed by atoms with Gasteiger partial charge in [-0.1, -0.05) is 26.2 Å². The lowest BCUT2D eigenvalue weighted by Gasteiger charge is -2.16. The summed E-state index contributed by atoms with van der Waals surface area (Å²) in [5.74, 6) is -0.418. The highest BCUT2D eigenvalue weighted by molar-refractivity contribution is 5.77. The van der Waals surface area contributed by atoms with Gasteiger partial charge in [0.2, 0.25) is 5.91 Å². The van der Waals surface area contributed by atoms with Gasteiger partial charge in [-0.2, -0.15) is 0 Å². The van der Waals surface area contributed by atoms with Gasteiger partial charge in [-0.15, -0.1) is 0 Å². The summed E-state index contributed by atoms with van der Waals surface area (Å²) in [6, 6.07) is -0.147. The van der Waals surface area contributed by atoms with Gasteiger partial charge in [0.1, 0.15) is 0 Å². The first kappa shape index (κ1) is 14.0. The molecule has 1 unspecified atom stereocenters. The Kier molecular flexibility index (Phi) is 6.01. The van der Waals surface area contributed by atoms with E-state index in [9.17, 15) is 9.59 Å². The molecule has 1 aliphatic carbocycles. The minimum absolute atomic E-state index is 0.0132. The average molecular weight is 241 g/mol. The molecule has 0 radical (unpaired) electrons. The van der Waals surface area contributed by atoms with E-state index in [1.165, 1.54) is 0 Å². The maximum absolute atomic E-state index is 11.6. The molecule has 0 saturated heterocycles. The summed E-state index contributed by atoms with van der Waals surface area (Å²) in [5.41, 5.74) is 0. The maximum Gasteiger partial charge on any atom is 0.305 e. The third-order valence-electron chi connectivity index (χ3n) is 3.19. The topological polar surface area (TPSA) is 66.4 Å². The number of aliphatic carboxylic acids is 1. The van der Waals surface area contributed by atoms with E-state index in [4.69, 9.17) is 5.11 Å². The lowest BCUT2D eigenvalue weighted by atomic mass is 10.1. The van der Waals surface area contributed by atoms with Gasteiger partial charge in [0.25, 0.3) is 0 Å². The Labute approximate surface area is 103 Å². The average Bonchev–Trinajstić information content (AvgIpc) is 3.06. The minimum atomic E-state index is -0.826. The van der Waals surface area contributed by atoms with Crippen LogP contribution in [-0.4, -0.2) is 23.0 Å². The Morgan fingerprint density at radius 1 is 1.29 bits per heavy atom. The first-order valence-electron chi connectivity index (χ1n) is 6.64. The smallest absolute Gasteiger partial charge is 0.305 e. The van der Waals surface area contributed by atoms with Crippen LogP contribution >= 0.6 is 0 Å². The number of hydrogen-bond donors (Lipinski definition) is 2. The number of carboxylic acids is 1. The quantitative estimate of drug-likeness (QED) is 0.609. The predicted molar refractivity (Wildman–Crippen MR) is 65.7 cm³/mol. The Bertz CT molecular complexity index is 261. The third-order valence-corrected chi connectivity index (χ3v) is 3.19. The molecule has 2 N–H and O–H groups in total. The van der Waals surface area contributed by atoms with Crippen molar-refractivity contribution in [3.8, 4) is 0 Å². The van der Waals surface area contributed by atoms with E-state index in [0.717, 1.165) is 38.5 Å². The van der Waals surface area contributed by atoms with Gasteiger partial charge >= 0.3 is 5.97 Å². The number of unbranched alkanes of at least 4 members (excludes halogenated alkanes) is 3. The molecule has 1 saturated carbocycles. The second kappa shape index (κ2) is 7.30. The molecular weight excluding hydrogens is 218 g/mol. The molecule has 1 atom stereocenters. The van der Waals surface area contributed by atoms with Gasteiger partial charge < -0.3 is 10.4 Å². The van der Waals surface area contributed by atoms with Gasteiger partial charge in [-0.3, -0.25) is 9.59 Å². The van der Waals surface area contributed by atoms with Crippen LogP contribution in [0.2, 0.25) is 0 Å². The highest BCUT2D eigenvalue weighted by atomic mass is 16.4. The van der Waals surface area contributed by atoms with Crippen molar-refractivity contribution in [2.45, 2.75) is 64.3 Å². The summed E-state index contributed by atoms with van der Waals surface area (Å²) in [7, 11) is 0. The van der Waals surface area contributed by atoms with Crippen molar-refractivity contribution in [1.29, 1.82) is 0 Å². The van der Waals surface area contributed by atoms with Crippen LogP contribution < -0.4 is 5.32 Å². The Morgan fingerprint density at radius 3 is 2.53 bits per heavy atom. The summed E-state index contributed by atoms with van der Waals surface area (Å²) >= 11 is 0. The van der Waals surface area contributed by atoms with Crippen molar-refractivity contribution < 1.29 is 14.7 Å². The molecule has 1 aliphatic rings. The highest BCUT2D eigenvalue weighted by Crippen LogP contribution is 2.34. The van der Waals surface area contributed by atoms with Gasteiger partial charge in [-0.25, -0.2) is 0 Å². The van der Waals surface area contributed by atoms with E-state index < -0.39 is 5.97 Å². The fourth-order valence-electron chi connectivity index (χ4n) is 2.01. The molecule has 4 nitrogen and oxygen atoms in total. The molecular formula is C13H23NO3. The second-order valence-electron chi connectivity index (χ2n) is 4.92. The molecule has 1 rings (SSSR count). The molecule has 0 aliphatic heterocycles. The van der Waals surface area contributed by atoms with E-state index in [-0.39, 0.29) is 18.4 Å². The van der Waals surface area contributed by atoms with Crippen molar-refractivity contribution in [2.24, 2.45) is 5.92 Å². The fourth-order valence-corrected chi connectivity index (χ4v) is 2.01. The number of nitrogens with one attached hydrogen (secondary N) is 1. The molecule has 4 heteroatoms. The monoisotopic (exact) mass is 241 g/mol. The van der Waals surface area contributed by atoms with E-state index >= 15 is 0 Å². The molecule has 0 aromatic heterocycles. The van der Waals surface area contributed by atoms with Crippen molar-refractivity contribution in [2.75, 3.05) is 0 Å². The number of rotatable bonds is 9. The number of amides is 1. The maximum atomic E-state index is 11.6. The van der Waals surface area contributed by atoms with Crippen LogP contribution in [0.4, 0.5) is 0 Å². The largest absolute Gasteiger partial charge is 0.481 e. The lowest BCUT2D eigenvalue weighted by molar-refractivity contribution is -0.137. The van der Waals surface area contributed by atoms with E-state index in [2.05, 4.69) is 12.2 Å². The molecule has 0 bridgehead atoms. The molecule has 1 amide bonds. The molecule has 0 spiro atoms. The number of carbonyl (C=O) groups is 2. The van der Waals surface area contributed by atoms with Gasteiger partial charge in [0.15, 0.2) is 0 Å². The summed E-state index contributed by atoms with van der Waals surface area (Å²) in [6.45, 7) is 2.13. The molecule has 17 heavy (non-hydrogen) atoms. The summed E-state index contributed by atoms with van der Waals surface area (Å²) in [4.78, 5) is 22.3. The zero-order valence-corrected chi connectivity index (χ0v) is 10.6. The van der Waals surface area contributed by atoms with Gasteiger partial charge in [-0.05, 0) is 25.2 Å². The van der Waals surface area contributed by atoms with E-state index in [0.29, 0.717) is 12.3 Å². The predicted octanol–water partition coefficient (Wildman–Crippen LogP) is 2.33. The van der Waals surface area contributed by atoms with Crippen LogP contribution in [-0.2, 0) is 9.59 Å². The zero-order chi connectivity index (χ0) is 12.7. The SMILES string of the molecule is CCCCCCC(=O)NC(CC(=O)O)C1CC1. The number of hydrogen-bond acceptors (Lipinski definition) is 2. The van der Waals surface area contributed by atoms with Crippen molar-refractivity contribution in [1.82, 2.24) is 5.32 Å². The van der Waals surface area contributed by atoms with Crippen LogP contribution in [0, 0.1) is 5.92 Å². The molecule has 1 fully saturated rings. The number of carbonyl (C=O) groups excluding carboxylic acids is 1. The summed E-state index contributed by atoms with van der Waals surface area (Å²) < 4.78 is 0. The van der Waals surface area contributed by atoms with E-state index in [1.54, 1.807) is 0 Å². The zero-order valence-electron chi connectivity index (χ0n) is 10.6. The fraction of sp³-hybridized carbons (Fsp3) is 0.846. The molecule has 0 aromatic rings.